The Morgan fingerprint density at radius 3 is 2.30 bits per heavy atom. The van der Waals surface area contributed by atoms with Crippen LogP contribution in [0.2, 0.25) is 0 Å². The van der Waals surface area contributed by atoms with Crippen LogP contribution >= 0.6 is 0 Å². The summed E-state index contributed by atoms with van der Waals surface area (Å²) in [6.07, 6.45) is 23.7. The van der Waals surface area contributed by atoms with Crippen molar-refractivity contribution < 1.29 is 0 Å². The molecule has 0 fully saturated rings. The van der Waals surface area contributed by atoms with Crippen molar-refractivity contribution in [3.8, 4) is 11.1 Å². The Balaban J connectivity index is 1.52. The number of nitrogens with zero attached hydrogens (tertiary/aromatic N) is 2. The van der Waals surface area contributed by atoms with Crippen LogP contribution in [0.15, 0.2) is 149 Å². The Morgan fingerprint density at radius 1 is 0.804 bits per heavy atom. The molecule has 0 amide bonds. The Labute approximate surface area is 338 Å². The van der Waals surface area contributed by atoms with E-state index in [4.69, 9.17) is 4.99 Å². The van der Waals surface area contributed by atoms with E-state index in [0.29, 0.717) is 5.92 Å². The number of allylic oxidation sites excluding steroid dienone is 8. The summed E-state index contributed by atoms with van der Waals surface area (Å²) in [4.78, 5) is 8.03. The predicted molar refractivity (Wildman–Crippen MR) is 246 cm³/mol. The average Bonchev–Trinajstić information content (AvgIpc) is 3.24. The van der Waals surface area contributed by atoms with Gasteiger partial charge in [-0.25, -0.2) is 4.99 Å². The fraction of sp³-hybridized carbons (Fsp3) is 0.352. The molecule has 2 aliphatic heterocycles. The zero-order valence-electron chi connectivity index (χ0n) is 35.3. The molecule has 6 rings (SSSR count). The van der Waals surface area contributed by atoms with Gasteiger partial charge in [-0.3, -0.25) is 0 Å². The molecule has 4 aromatic carbocycles. The van der Waals surface area contributed by atoms with E-state index in [0.717, 1.165) is 41.8 Å². The molecular formula is C54H64N2. The van der Waals surface area contributed by atoms with Crippen molar-refractivity contribution in [1.29, 1.82) is 0 Å². The molecule has 0 saturated carbocycles. The molecule has 2 aliphatic rings. The van der Waals surface area contributed by atoms with Crippen molar-refractivity contribution in [3.63, 3.8) is 0 Å². The maximum Gasteiger partial charge on any atom is 0.0904 e. The molecular weight excluding hydrogens is 677 g/mol. The predicted octanol–water partition coefficient (Wildman–Crippen LogP) is 15.2. The van der Waals surface area contributed by atoms with Crippen molar-refractivity contribution in [2.24, 2.45) is 4.99 Å². The van der Waals surface area contributed by atoms with Crippen LogP contribution in [-0.4, -0.2) is 23.7 Å². The first-order valence-electron chi connectivity index (χ1n) is 21.5. The van der Waals surface area contributed by atoms with Crippen LogP contribution in [0, 0.1) is 0 Å². The second-order valence-electron chi connectivity index (χ2n) is 16.0. The summed E-state index contributed by atoms with van der Waals surface area (Å²) in [6.45, 7) is 17.5. The minimum atomic E-state index is -0.0140. The minimum Gasteiger partial charge on any atom is -0.362 e. The number of dihydropyridines is 1. The highest BCUT2D eigenvalue weighted by molar-refractivity contribution is 6.14. The fourth-order valence-corrected chi connectivity index (χ4v) is 8.72. The van der Waals surface area contributed by atoms with Gasteiger partial charge in [0, 0.05) is 29.5 Å². The van der Waals surface area contributed by atoms with Crippen LogP contribution in [0.25, 0.3) is 33.2 Å². The highest BCUT2D eigenvalue weighted by Gasteiger charge is 2.32. The minimum absolute atomic E-state index is 0.0140. The first-order chi connectivity index (χ1) is 27.3. The van der Waals surface area contributed by atoms with Crippen molar-refractivity contribution in [2.45, 2.75) is 118 Å². The Kier molecular flexibility index (Phi) is 14.0. The number of aryl methyl sites for hydroxylation is 1. The molecule has 290 valence electrons. The second-order valence-corrected chi connectivity index (χ2v) is 16.0. The van der Waals surface area contributed by atoms with Gasteiger partial charge in [0.25, 0.3) is 0 Å². The highest BCUT2D eigenvalue weighted by atomic mass is 15.2. The zero-order valence-corrected chi connectivity index (χ0v) is 35.3. The number of rotatable bonds is 17. The number of benzene rings is 4. The fourth-order valence-electron chi connectivity index (χ4n) is 8.72. The van der Waals surface area contributed by atoms with Gasteiger partial charge < -0.3 is 4.90 Å². The third-order valence-corrected chi connectivity index (χ3v) is 12.1. The summed E-state index contributed by atoms with van der Waals surface area (Å²) >= 11 is 0. The number of likely N-dealkylation sites (N-methyl/N-ethyl adjacent to an activating group) is 1. The summed E-state index contributed by atoms with van der Waals surface area (Å²) in [5, 5.41) is 2.49. The number of aliphatic imine (C=N–C) groups is 1. The standard InChI is InChI=1S/C54H64N2/c1-9-14-15-16-17-18-23-40-24-21-27-43(34-40)45-30-31-47(41(13-5)22-10-2)49(36-45)52-37-48(46-29-28-42-25-19-20-26-44(42)35-46)54-51(56(52)8)33-32-50(55-54)53(38(6)11-3)39(7)12-4/h11-12,19-21,24-37,41,51H,3,9-10,13-18,22-23H2,1-2,4-8H3/b39-12-,53-38+. The Morgan fingerprint density at radius 2 is 1.55 bits per heavy atom. The molecule has 2 atom stereocenters. The quantitative estimate of drug-likeness (QED) is 0.0777. The summed E-state index contributed by atoms with van der Waals surface area (Å²) in [5.74, 6) is 0.483. The molecule has 0 N–H and O–H groups in total. The van der Waals surface area contributed by atoms with E-state index in [1.165, 1.54) is 106 Å². The van der Waals surface area contributed by atoms with Gasteiger partial charge in [-0.05, 0) is 126 Å². The van der Waals surface area contributed by atoms with E-state index in [1.807, 2.05) is 6.08 Å². The maximum absolute atomic E-state index is 5.56. The molecule has 0 aliphatic carbocycles. The van der Waals surface area contributed by atoms with Crippen molar-refractivity contribution in [1.82, 2.24) is 4.90 Å². The molecule has 0 radical (unpaired) electrons. The lowest BCUT2D eigenvalue weighted by Crippen LogP contribution is -2.35. The SMILES string of the molecule is C=C/C(C)=C(C1=NC2=C(c3ccc4ccccc4c3)C=C(c3cc(-c4cccc(CCCCCCCC)c4)ccc3C(CC)CCC)N(C)C2C=C1)\C(C)=C/C. The van der Waals surface area contributed by atoms with E-state index >= 15 is 0 Å². The van der Waals surface area contributed by atoms with Gasteiger partial charge in [0.15, 0.2) is 0 Å². The van der Waals surface area contributed by atoms with Gasteiger partial charge in [-0.2, -0.15) is 0 Å². The summed E-state index contributed by atoms with van der Waals surface area (Å²) in [5.41, 5.74) is 16.0. The molecule has 56 heavy (non-hydrogen) atoms. The van der Waals surface area contributed by atoms with Crippen LogP contribution in [0.4, 0.5) is 0 Å². The molecule has 0 bridgehead atoms. The van der Waals surface area contributed by atoms with Crippen LogP contribution < -0.4 is 0 Å². The number of hydrogen-bond donors (Lipinski definition) is 0. The molecule has 0 aromatic heterocycles. The third-order valence-electron chi connectivity index (χ3n) is 12.1. The molecule has 2 heteroatoms. The van der Waals surface area contributed by atoms with Gasteiger partial charge in [0.1, 0.15) is 0 Å². The first kappa shape index (κ1) is 40.7. The second kappa shape index (κ2) is 19.3. The van der Waals surface area contributed by atoms with Gasteiger partial charge in [0.2, 0.25) is 0 Å². The van der Waals surface area contributed by atoms with Crippen molar-refractivity contribution in [2.75, 3.05) is 7.05 Å². The average molecular weight is 741 g/mol. The molecule has 2 heterocycles. The molecule has 0 spiro atoms. The van der Waals surface area contributed by atoms with E-state index in [-0.39, 0.29) is 6.04 Å². The van der Waals surface area contributed by atoms with E-state index < -0.39 is 0 Å². The summed E-state index contributed by atoms with van der Waals surface area (Å²) in [6, 6.07) is 32.2. The highest BCUT2D eigenvalue weighted by Crippen LogP contribution is 2.43. The number of fused-ring (bicyclic) bond motifs is 2. The van der Waals surface area contributed by atoms with Crippen LogP contribution in [0.3, 0.4) is 0 Å². The summed E-state index contributed by atoms with van der Waals surface area (Å²) in [7, 11) is 2.26. The van der Waals surface area contributed by atoms with Gasteiger partial charge in [0.05, 0.1) is 17.5 Å². The number of hydrogen-bond acceptors (Lipinski definition) is 2. The topological polar surface area (TPSA) is 15.6 Å². The van der Waals surface area contributed by atoms with Crippen molar-refractivity contribution in [3.05, 3.63) is 167 Å². The van der Waals surface area contributed by atoms with Gasteiger partial charge in [-0.1, -0.05) is 157 Å². The van der Waals surface area contributed by atoms with Crippen LogP contribution in [-0.2, 0) is 6.42 Å². The van der Waals surface area contributed by atoms with E-state index in [1.54, 1.807) is 0 Å². The monoisotopic (exact) mass is 741 g/mol. The number of unbranched alkanes of at least 4 members (excludes halogenated alkanes) is 5. The van der Waals surface area contributed by atoms with E-state index in [9.17, 15) is 0 Å². The molecule has 0 saturated heterocycles. The molecule has 2 nitrogen and oxygen atoms in total. The summed E-state index contributed by atoms with van der Waals surface area (Å²) < 4.78 is 0. The smallest absolute Gasteiger partial charge is 0.0904 e. The Hall–Kier alpha value is -4.95. The van der Waals surface area contributed by atoms with Crippen molar-refractivity contribution >= 4 is 27.8 Å². The van der Waals surface area contributed by atoms with Crippen LogP contribution in [0.1, 0.15) is 128 Å². The lowest BCUT2D eigenvalue weighted by atomic mass is 9.83. The normalized spacial score (nSPS) is 16.7. The van der Waals surface area contributed by atoms with Gasteiger partial charge in [-0.15, -0.1) is 0 Å². The molecule has 2 unspecified atom stereocenters. The first-order valence-corrected chi connectivity index (χ1v) is 21.5. The van der Waals surface area contributed by atoms with Crippen LogP contribution in [0.5, 0.6) is 0 Å². The lowest BCUT2D eigenvalue weighted by molar-refractivity contribution is 0.437. The largest absolute Gasteiger partial charge is 0.362 e. The lowest BCUT2D eigenvalue weighted by Gasteiger charge is -2.38. The third kappa shape index (κ3) is 9.02. The Bertz CT molecular complexity index is 2220. The molecule has 4 aromatic rings. The zero-order chi connectivity index (χ0) is 39.6. The van der Waals surface area contributed by atoms with E-state index in [2.05, 4.69) is 169 Å². The maximum atomic E-state index is 5.56. The van der Waals surface area contributed by atoms with Gasteiger partial charge >= 0.3 is 0 Å².